The summed E-state index contributed by atoms with van der Waals surface area (Å²) in [5.41, 5.74) is 1.75. The van der Waals surface area contributed by atoms with E-state index in [1.165, 1.54) is 22.5 Å². The van der Waals surface area contributed by atoms with Crippen molar-refractivity contribution in [1.82, 2.24) is 9.97 Å². The van der Waals surface area contributed by atoms with Crippen molar-refractivity contribution in [3.8, 4) is 0 Å². The van der Waals surface area contributed by atoms with Gasteiger partial charge in [-0.2, -0.15) is 0 Å². The van der Waals surface area contributed by atoms with Crippen LogP contribution < -0.4 is 10.1 Å². The number of aromatic nitrogens is 2. The molecule has 1 atom stereocenters. The SMILES string of the molecule is CC(c1ccccn1)N(c1ccccc1)S(=O)(=O)c1ccc2[nH]c(=O)oc2c1. The van der Waals surface area contributed by atoms with Gasteiger partial charge in [0.1, 0.15) is 0 Å². The number of anilines is 1. The first-order valence-electron chi connectivity index (χ1n) is 8.60. The quantitative estimate of drug-likeness (QED) is 0.558. The maximum atomic E-state index is 13.6. The van der Waals surface area contributed by atoms with E-state index in [-0.39, 0.29) is 10.5 Å². The molecule has 4 rings (SSSR count). The molecule has 1 unspecified atom stereocenters. The van der Waals surface area contributed by atoms with Gasteiger partial charge >= 0.3 is 5.76 Å². The van der Waals surface area contributed by atoms with E-state index < -0.39 is 21.8 Å². The lowest BCUT2D eigenvalue weighted by molar-refractivity contribution is 0.553. The lowest BCUT2D eigenvalue weighted by atomic mass is 10.2. The number of rotatable bonds is 5. The molecule has 0 aliphatic carbocycles. The first-order valence-corrected chi connectivity index (χ1v) is 10.0. The zero-order valence-corrected chi connectivity index (χ0v) is 15.8. The Morgan fingerprint density at radius 3 is 2.50 bits per heavy atom. The minimum absolute atomic E-state index is 0.0226. The normalized spacial score (nSPS) is 12.8. The first-order chi connectivity index (χ1) is 13.5. The van der Waals surface area contributed by atoms with E-state index in [2.05, 4.69) is 9.97 Å². The summed E-state index contributed by atoms with van der Waals surface area (Å²) < 4.78 is 33.5. The molecular formula is C20H17N3O4S. The number of aromatic amines is 1. The summed E-state index contributed by atoms with van der Waals surface area (Å²) in [6.45, 7) is 1.78. The van der Waals surface area contributed by atoms with Crippen molar-refractivity contribution in [3.05, 3.63) is 89.2 Å². The Morgan fingerprint density at radius 1 is 1.04 bits per heavy atom. The highest BCUT2D eigenvalue weighted by molar-refractivity contribution is 7.92. The third-order valence-electron chi connectivity index (χ3n) is 4.43. The summed E-state index contributed by atoms with van der Waals surface area (Å²) in [5.74, 6) is -0.633. The molecule has 1 N–H and O–H groups in total. The van der Waals surface area contributed by atoms with E-state index in [1.807, 2.05) is 12.1 Å². The predicted octanol–water partition coefficient (Wildman–Crippen LogP) is 3.47. The molecule has 28 heavy (non-hydrogen) atoms. The van der Waals surface area contributed by atoms with Gasteiger partial charge in [-0.05, 0) is 43.3 Å². The third-order valence-corrected chi connectivity index (χ3v) is 6.32. The van der Waals surface area contributed by atoms with Gasteiger partial charge < -0.3 is 4.42 Å². The molecule has 0 saturated heterocycles. The van der Waals surface area contributed by atoms with Crippen LogP contribution in [0.2, 0.25) is 0 Å². The number of nitrogens with zero attached hydrogens (tertiary/aromatic N) is 2. The molecule has 0 amide bonds. The second-order valence-electron chi connectivity index (χ2n) is 6.24. The van der Waals surface area contributed by atoms with Crippen LogP contribution in [0.15, 0.2) is 87.0 Å². The summed E-state index contributed by atoms with van der Waals surface area (Å²) in [7, 11) is -3.97. The van der Waals surface area contributed by atoms with Crippen molar-refractivity contribution in [2.75, 3.05) is 4.31 Å². The van der Waals surface area contributed by atoms with Gasteiger partial charge in [0.2, 0.25) is 0 Å². The van der Waals surface area contributed by atoms with E-state index in [0.717, 1.165) is 0 Å². The lowest BCUT2D eigenvalue weighted by Gasteiger charge is -2.30. The zero-order chi connectivity index (χ0) is 19.7. The average molecular weight is 395 g/mol. The number of oxazole rings is 1. The maximum absolute atomic E-state index is 13.6. The van der Waals surface area contributed by atoms with Crippen LogP contribution >= 0.6 is 0 Å². The highest BCUT2D eigenvalue weighted by Gasteiger charge is 2.31. The summed E-state index contributed by atoms with van der Waals surface area (Å²) in [4.78, 5) is 18.3. The van der Waals surface area contributed by atoms with E-state index in [1.54, 1.807) is 49.5 Å². The summed E-state index contributed by atoms with van der Waals surface area (Å²) in [6, 6.07) is 18.0. The van der Waals surface area contributed by atoms with Gasteiger partial charge in [0, 0.05) is 12.3 Å². The van der Waals surface area contributed by atoms with Crippen LogP contribution in [-0.4, -0.2) is 18.4 Å². The Labute approximate surface area is 161 Å². The van der Waals surface area contributed by atoms with Crippen molar-refractivity contribution in [1.29, 1.82) is 0 Å². The molecule has 0 aliphatic heterocycles. The molecule has 2 heterocycles. The molecule has 0 fully saturated rings. The highest BCUT2D eigenvalue weighted by atomic mass is 32.2. The molecule has 2 aromatic heterocycles. The number of fused-ring (bicyclic) bond motifs is 1. The maximum Gasteiger partial charge on any atom is 0.417 e. The van der Waals surface area contributed by atoms with Gasteiger partial charge in [-0.15, -0.1) is 0 Å². The van der Waals surface area contributed by atoms with Crippen LogP contribution in [0.1, 0.15) is 18.7 Å². The number of H-pyrrole nitrogens is 1. The Kier molecular flexibility index (Phi) is 4.48. The first kappa shape index (κ1) is 18.0. The Bertz CT molecular complexity index is 1270. The smallest absolute Gasteiger partial charge is 0.408 e. The fraction of sp³-hybridized carbons (Fsp3) is 0.100. The van der Waals surface area contributed by atoms with Crippen LogP contribution in [0.25, 0.3) is 11.1 Å². The zero-order valence-electron chi connectivity index (χ0n) is 14.9. The molecule has 8 heteroatoms. The van der Waals surface area contributed by atoms with Crippen molar-refractivity contribution in [2.24, 2.45) is 0 Å². The highest BCUT2D eigenvalue weighted by Crippen LogP contribution is 2.33. The number of hydrogen-bond acceptors (Lipinski definition) is 5. The Hall–Kier alpha value is -3.39. The predicted molar refractivity (Wildman–Crippen MR) is 106 cm³/mol. The number of hydrogen-bond donors (Lipinski definition) is 1. The second-order valence-corrected chi connectivity index (χ2v) is 8.05. The lowest BCUT2D eigenvalue weighted by Crippen LogP contribution is -2.34. The second kappa shape index (κ2) is 6.97. The number of benzene rings is 2. The number of sulfonamides is 1. The number of nitrogens with one attached hydrogen (secondary N) is 1. The van der Waals surface area contributed by atoms with E-state index in [4.69, 9.17) is 4.42 Å². The topological polar surface area (TPSA) is 96.3 Å². The van der Waals surface area contributed by atoms with E-state index in [0.29, 0.717) is 16.9 Å². The van der Waals surface area contributed by atoms with E-state index in [9.17, 15) is 13.2 Å². The van der Waals surface area contributed by atoms with Crippen LogP contribution in [0, 0.1) is 0 Å². The van der Waals surface area contributed by atoms with E-state index >= 15 is 0 Å². The average Bonchev–Trinajstić information content (AvgIpc) is 3.08. The molecule has 0 aliphatic rings. The van der Waals surface area contributed by atoms with Gasteiger partial charge in [0.25, 0.3) is 10.0 Å². The summed E-state index contributed by atoms with van der Waals surface area (Å²) in [6.07, 6.45) is 1.63. The largest absolute Gasteiger partial charge is 0.417 e. The standard InChI is InChI=1S/C20H17N3O4S/c1-14(17-9-5-6-12-21-17)23(15-7-3-2-4-8-15)28(25,26)16-10-11-18-19(13-16)27-20(24)22-18/h2-14H,1H3,(H,22,24). The summed E-state index contributed by atoms with van der Waals surface area (Å²) >= 11 is 0. The molecule has 4 aromatic rings. The van der Waals surface area contributed by atoms with Gasteiger partial charge in [-0.3, -0.25) is 14.3 Å². The Morgan fingerprint density at radius 2 is 1.79 bits per heavy atom. The molecule has 2 aromatic carbocycles. The molecule has 7 nitrogen and oxygen atoms in total. The van der Waals surface area contributed by atoms with Gasteiger partial charge in [0.05, 0.1) is 27.8 Å². The van der Waals surface area contributed by atoms with Crippen molar-refractivity contribution >= 4 is 26.8 Å². The van der Waals surface area contributed by atoms with Crippen LogP contribution in [-0.2, 0) is 10.0 Å². The molecule has 0 bridgehead atoms. The molecule has 0 radical (unpaired) electrons. The fourth-order valence-electron chi connectivity index (χ4n) is 3.09. The number of para-hydroxylation sites is 1. The van der Waals surface area contributed by atoms with Crippen molar-refractivity contribution in [2.45, 2.75) is 17.9 Å². The molecule has 142 valence electrons. The molecular weight excluding hydrogens is 378 g/mol. The van der Waals surface area contributed by atoms with Crippen LogP contribution in [0.5, 0.6) is 0 Å². The molecule has 0 spiro atoms. The van der Waals surface area contributed by atoms with Crippen LogP contribution in [0.4, 0.5) is 5.69 Å². The monoisotopic (exact) mass is 395 g/mol. The van der Waals surface area contributed by atoms with Crippen molar-refractivity contribution in [3.63, 3.8) is 0 Å². The van der Waals surface area contributed by atoms with Gasteiger partial charge in [0.15, 0.2) is 5.58 Å². The molecule has 0 saturated carbocycles. The third kappa shape index (κ3) is 3.18. The fourth-order valence-corrected chi connectivity index (χ4v) is 4.74. The number of pyridine rings is 1. The minimum atomic E-state index is -3.97. The van der Waals surface area contributed by atoms with Crippen molar-refractivity contribution < 1.29 is 12.8 Å². The summed E-state index contributed by atoms with van der Waals surface area (Å²) in [5, 5.41) is 0. The van der Waals surface area contributed by atoms with Gasteiger partial charge in [-0.25, -0.2) is 13.2 Å². The van der Waals surface area contributed by atoms with Crippen LogP contribution in [0.3, 0.4) is 0 Å². The minimum Gasteiger partial charge on any atom is -0.408 e. The Balaban J connectivity index is 1.87. The van der Waals surface area contributed by atoms with Gasteiger partial charge in [-0.1, -0.05) is 24.3 Å².